The van der Waals surface area contributed by atoms with Gasteiger partial charge in [0.25, 0.3) is 0 Å². The highest BCUT2D eigenvalue weighted by Gasteiger charge is 2.10. The van der Waals surface area contributed by atoms with E-state index in [0.29, 0.717) is 5.92 Å². The van der Waals surface area contributed by atoms with Crippen LogP contribution in [0.25, 0.3) is 0 Å². The maximum Gasteiger partial charge on any atom is 0.161 e. The van der Waals surface area contributed by atoms with E-state index in [1.54, 1.807) is 0 Å². The first-order chi connectivity index (χ1) is 8.75. The molecule has 1 N–H and O–H groups in total. The van der Waals surface area contributed by atoms with Crippen LogP contribution in [-0.4, -0.2) is 26.3 Å². The molecule has 1 aromatic rings. The number of rotatable bonds is 5. The Kier molecular flexibility index (Phi) is 4.88. The molecular formula is C15H23NO2. The summed E-state index contributed by atoms with van der Waals surface area (Å²) in [5, 5.41) is 3.45. The lowest BCUT2D eigenvalue weighted by molar-refractivity contribution is 0.297. The molecule has 0 radical (unpaired) electrons. The van der Waals surface area contributed by atoms with Crippen LogP contribution in [0.2, 0.25) is 0 Å². The molecule has 0 unspecified atom stereocenters. The van der Waals surface area contributed by atoms with Gasteiger partial charge in [-0.05, 0) is 43.1 Å². The average molecular weight is 249 g/mol. The van der Waals surface area contributed by atoms with Gasteiger partial charge in [-0.25, -0.2) is 0 Å². The summed E-state index contributed by atoms with van der Waals surface area (Å²) < 4.78 is 11.3. The number of nitrogens with one attached hydrogen (secondary N) is 1. The number of ether oxygens (including phenoxy) is 2. The van der Waals surface area contributed by atoms with Crippen LogP contribution in [0, 0.1) is 5.92 Å². The fraction of sp³-hybridized carbons (Fsp3) is 0.600. The van der Waals surface area contributed by atoms with E-state index in [4.69, 9.17) is 9.47 Å². The topological polar surface area (TPSA) is 30.5 Å². The number of fused-ring (bicyclic) bond motifs is 1. The molecule has 0 bridgehead atoms. The molecule has 0 atom stereocenters. The molecule has 0 aliphatic carbocycles. The van der Waals surface area contributed by atoms with E-state index in [0.717, 1.165) is 50.6 Å². The quantitative estimate of drug-likeness (QED) is 0.814. The van der Waals surface area contributed by atoms with Crippen molar-refractivity contribution in [3.63, 3.8) is 0 Å². The zero-order valence-corrected chi connectivity index (χ0v) is 11.4. The molecule has 3 nitrogen and oxygen atoms in total. The van der Waals surface area contributed by atoms with E-state index in [1.807, 2.05) is 6.07 Å². The number of benzene rings is 1. The van der Waals surface area contributed by atoms with Gasteiger partial charge in [-0.2, -0.15) is 0 Å². The van der Waals surface area contributed by atoms with Gasteiger partial charge in [0.15, 0.2) is 11.5 Å². The van der Waals surface area contributed by atoms with E-state index in [2.05, 4.69) is 31.3 Å². The Labute approximate surface area is 109 Å². The highest BCUT2D eigenvalue weighted by atomic mass is 16.5. The molecular weight excluding hydrogens is 226 g/mol. The van der Waals surface area contributed by atoms with Crippen molar-refractivity contribution in [2.75, 3.05) is 26.3 Å². The SMILES string of the molecule is CC(C)CNCCc1ccc2c(c1)OCCCO2. The molecule has 0 amide bonds. The normalized spacial score (nSPS) is 14.6. The van der Waals surface area contributed by atoms with E-state index >= 15 is 0 Å². The number of hydrogen-bond acceptors (Lipinski definition) is 3. The second-order valence-corrected chi connectivity index (χ2v) is 5.18. The molecule has 100 valence electrons. The first-order valence-electron chi connectivity index (χ1n) is 6.85. The van der Waals surface area contributed by atoms with E-state index in [9.17, 15) is 0 Å². The first-order valence-corrected chi connectivity index (χ1v) is 6.85. The van der Waals surface area contributed by atoms with Gasteiger partial charge in [-0.1, -0.05) is 19.9 Å². The summed E-state index contributed by atoms with van der Waals surface area (Å²) in [6.45, 7) is 8.04. The molecule has 1 aliphatic rings. The molecule has 1 aliphatic heterocycles. The Morgan fingerprint density at radius 2 is 1.94 bits per heavy atom. The molecule has 0 spiro atoms. The smallest absolute Gasteiger partial charge is 0.161 e. The predicted molar refractivity (Wildman–Crippen MR) is 73.5 cm³/mol. The van der Waals surface area contributed by atoms with E-state index in [1.165, 1.54) is 5.56 Å². The monoisotopic (exact) mass is 249 g/mol. The van der Waals surface area contributed by atoms with Crippen molar-refractivity contribution >= 4 is 0 Å². The molecule has 0 saturated heterocycles. The van der Waals surface area contributed by atoms with Crippen LogP contribution in [-0.2, 0) is 6.42 Å². The summed E-state index contributed by atoms with van der Waals surface area (Å²) in [6, 6.07) is 6.26. The van der Waals surface area contributed by atoms with Crippen LogP contribution >= 0.6 is 0 Å². The van der Waals surface area contributed by atoms with Crippen LogP contribution in [0.4, 0.5) is 0 Å². The third-order valence-corrected chi connectivity index (χ3v) is 2.95. The van der Waals surface area contributed by atoms with Gasteiger partial charge in [0, 0.05) is 6.42 Å². The van der Waals surface area contributed by atoms with Gasteiger partial charge in [0.1, 0.15) is 0 Å². The summed E-state index contributed by atoms with van der Waals surface area (Å²) in [5.41, 5.74) is 1.30. The fourth-order valence-corrected chi connectivity index (χ4v) is 1.99. The summed E-state index contributed by atoms with van der Waals surface area (Å²) in [5.74, 6) is 2.48. The van der Waals surface area contributed by atoms with Crippen LogP contribution in [0.15, 0.2) is 18.2 Å². The van der Waals surface area contributed by atoms with Crippen LogP contribution in [0.5, 0.6) is 11.5 Å². The fourth-order valence-electron chi connectivity index (χ4n) is 1.99. The van der Waals surface area contributed by atoms with Gasteiger partial charge in [-0.3, -0.25) is 0 Å². The molecule has 0 saturated carbocycles. The van der Waals surface area contributed by atoms with Crippen molar-refractivity contribution in [1.29, 1.82) is 0 Å². The molecule has 3 heteroatoms. The first kappa shape index (κ1) is 13.2. The van der Waals surface area contributed by atoms with Gasteiger partial charge in [0.05, 0.1) is 13.2 Å². The molecule has 2 rings (SSSR count). The van der Waals surface area contributed by atoms with Crippen molar-refractivity contribution in [1.82, 2.24) is 5.32 Å². The predicted octanol–water partition coefficient (Wildman–Crippen LogP) is 2.64. The van der Waals surface area contributed by atoms with Crippen LogP contribution in [0.3, 0.4) is 0 Å². The molecule has 0 aromatic heterocycles. The minimum absolute atomic E-state index is 0.703. The lowest BCUT2D eigenvalue weighted by atomic mass is 10.1. The zero-order chi connectivity index (χ0) is 12.8. The van der Waals surface area contributed by atoms with Gasteiger partial charge in [-0.15, -0.1) is 0 Å². The zero-order valence-electron chi connectivity index (χ0n) is 11.4. The van der Waals surface area contributed by atoms with Crippen molar-refractivity contribution in [2.24, 2.45) is 5.92 Å². The maximum absolute atomic E-state index is 5.69. The van der Waals surface area contributed by atoms with Crippen molar-refractivity contribution in [3.8, 4) is 11.5 Å². The number of hydrogen-bond donors (Lipinski definition) is 1. The standard InChI is InChI=1S/C15H23NO2/c1-12(2)11-16-7-6-13-4-5-14-15(10-13)18-9-3-8-17-14/h4-5,10,12,16H,3,6-9,11H2,1-2H3. The maximum atomic E-state index is 5.69. The second kappa shape index (κ2) is 6.64. The third kappa shape index (κ3) is 3.91. The van der Waals surface area contributed by atoms with Gasteiger partial charge >= 0.3 is 0 Å². The Balaban J connectivity index is 1.88. The molecule has 1 aromatic carbocycles. The van der Waals surface area contributed by atoms with Crippen molar-refractivity contribution in [2.45, 2.75) is 26.7 Å². The summed E-state index contributed by atoms with van der Waals surface area (Å²) in [4.78, 5) is 0. The highest BCUT2D eigenvalue weighted by Crippen LogP contribution is 2.30. The largest absolute Gasteiger partial charge is 0.490 e. The lowest BCUT2D eigenvalue weighted by Crippen LogP contribution is -2.22. The Morgan fingerprint density at radius 1 is 1.17 bits per heavy atom. The molecule has 18 heavy (non-hydrogen) atoms. The summed E-state index contributed by atoms with van der Waals surface area (Å²) in [7, 11) is 0. The highest BCUT2D eigenvalue weighted by molar-refractivity contribution is 5.43. The average Bonchev–Trinajstić information content (AvgIpc) is 2.59. The van der Waals surface area contributed by atoms with Crippen LogP contribution < -0.4 is 14.8 Å². The minimum Gasteiger partial charge on any atom is -0.490 e. The van der Waals surface area contributed by atoms with Crippen LogP contribution in [0.1, 0.15) is 25.8 Å². The second-order valence-electron chi connectivity index (χ2n) is 5.18. The Hall–Kier alpha value is -1.22. The van der Waals surface area contributed by atoms with E-state index in [-0.39, 0.29) is 0 Å². The van der Waals surface area contributed by atoms with Crippen molar-refractivity contribution in [3.05, 3.63) is 23.8 Å². The summed E-state index contributed by atoms with van der Waals surface area (Å²) >= 11 is 0. The minimum atomic E-state index is 0.703. The van der Waals surface area contributed by atoms with Gasteiger partial charge < -0.3 is 14.8 Å². The Bertz CT molecular complexity index is 377. The third-order valence-electron chi connectivity index (χ3n) is 2.95. The van der Waals surface area contributed by atoms with Gasteiger partial charge in [0.2, 0.25) is 0 Å². The molecule has 1 heterocycles. The lowest BCUT2D eigenvalue weighted by Gasteiger charge is -2.10. The van der Waals surface area contributed by atoms with E-state index < -0.39 is 0 Å². The molecule has 0 fully saturated rings. The Morgan fingerprint density at radius 3 is 2.72 bits per heavy atom. The summed E-state index contributed by atoms with van der Waals surface area (Å²) in [6.07, 6.45) is 1.99. The van der Waals surface area contributed by atoms with Crippen molar-refractivity contribution < 1.29 is 9.47 Å².